The van der Waals surface area contributed by atoms with Crippen LogP contribution in [0, 0.1) is 10.8 Å². The number of carbonyl (C=O) groups excluding carboxylic acids is 2. The maximum absolute atomic E-state index is 13.5. The molecule has 14 nitrogen and oxygen atoms in total. The van der Waals surface area contributed by atoms with Gasteiger partial charge in [0.05, 0.1) is 29.6 Å². The van der Waals surface area contributed by atoms with E-state index in [-0.39, 0.29) is 19.3 Å². The molecule has 0 saturated carbocycles. The molecular weight excluding hydrogens is 1050 g/mol. The van der Waals surface area contributed by atoms with Gasteiger partial charge in [-0.3, -0.25) is 9.59 Å². The lowest BCUT2D eigenvalue weighted by atomic mass is 9.97. The molecule has 29 heteroatoms. The average molecular weight is 1090 g/mol. The Balaban J connectivity index is 0.000000267. The number of anilines is 2. The summed E-state index contributed by atoms with van der Waals surface area (Å²) in [6.45, 7) is 6.96. The molecule has 0 amide bonds. The largest absolute Gasteiger partial charge is 0.504 e. The number of aliphatic hydroxyl groups excluding tert-OH is 1. The van der Waals surface area contributed by atoms with Crippen LogP contribution in [0.1, 0.15) is 75.2 Å². The number of alkyl halides is 10. The van der Waals surface area contributed by atoms with E-state index in [1.807, 2.05) is 0 Å². The molecule has 0 fully saturated rings. The number of benzene rings is 2. The second-order valence-electron chi connectivity index (χ2n) is 16.2. The van der Waals surface area contributed by atoms with E-state index in [4.69, 9.17) is 39.5 Å². The molecule has 4 heterocycles. The molecule has 0 unspecified atom stereocenters. The Hall–Kier alpha value is -5.31. The van der Waals surface area contributed by atoms with Crippen molar-refractivity contribution in [3.63, 3.8) is 0 Å². The van der Waals surface area contributed by atoms with E-state index >= 15 is 0 Å². The van der Waals surface area contributed by atoms with Crippen LogP contribution in [0.3, 0.4) is 0 Å². The van der Waals surface area contributed by atoms with E-state index in [1.54, 1.807) is 20.8 Å². The fourth-order valence-electron chi connectivity index (χ4n) is 5.50. The highest BCUT2D eigenvalue weighted by Crippen LogP contribution is 2.47. The molecule has 2 aliphatic heterocycles. The standard InChI is InChI=1S/C20H17ClF5N3O4S.C15H9ClF5N3O3S.C5H9ClO/c1-19(2,3)18(30)33-15-14-17(28-7-6-27-14)29(9-13(22)23)34(31,32)16(15)11-8-10(20(24,25)26)4-5-12(11)21;16-9-2-1-7(15(19,20)21)5-8(9)13-12(25)11-14(23-4-3-22-11)24(6-10(17)18)28(13,26)27;1-5(2,3)4(6)7/h4-8,13H,9H2,1-3H3;1-5,10,25H,6H2;1-3H3. The Labute approximate surface area is 401 Å². The Bertz CT molecular complexity index is 2930. The number of aromatic nitrogens is 4. The third-order valence-electron chi connectivity index (χ3n) is 8.87. The Morgan fingerprint density at radius 1 is 0.638 bits per heavy atom. The number of hydrogen-bond donors (Lipinski definition) is 1. The van der Waals surface area contributed by atoms with Gasteiger partial charge in [-0.25, -0.2) is 62.9 Å². The number of ether oxygens (including phenoxy) is 1. The van der Waals surface area contributed by atoms with Crippen LogP contribution in [0.25, 0.3) is 21.3 Å². The van der Waals surface area contributed by atoms with E-state index in [0.717, 1.165) is 36.9 Å². The molecule has 0 bridgehead atoms. The Morgan fingerprint density at radius 2 is 1.00 bits per heavy atom. The van der Waals surface area contributed by atoms with Crippen LogP contribution in [0.5, 0.6) is 0 Å². The summed E-state index contributed by atoms with van der Waals surface area (Å²) < 4.78 is 190. The van der Waals surface area contributed by atoms with Gasteiger partial charge in [0.15, 0.2) is 28.8 Å². The average Bonchev–Trinajstić information content (AvgIpc) is 3.21. The Kier molecular flexibility index (Phi) is 16.8. The zero-order valence-corrected chi connectivity index (χ0v) is 40.0. The van der Waals surface area contributed by atoms with Gasteiger partial charge in [0.2, 0.25) is 5.24 Å². The number of carbonyl (C=O) groups is 2. The third-order valence-corrected chi connectivity index (χ3v) is 13.7. The van der Waals surface area contributed by atoms with Crippen molar-refractivity contribution >= 4 is 99.0 Å². The molecule has 6 rings (SSSR count). The molecular formula is C40H35Cl3F10N6O8S2. The first-order valence-corrected chi connectivity index (χ1v) is 23.0. The summed E-state index contributed by atoms with van der Waals surface area (Å²) in [5, 5.41) is 9.24. The zero-order valence-electron chi connectivity index (χ0n) is 36.1. The molecule has 2 aromatic carbocycles. The molecule has 0 spiro atoms. The van der Waals surface area contributed by atoms with Gasteiger partial charge in [0.25, 0.3) is 32.9 Å². The molecule has 0 aliphatic carbocycles. The number of rotatable bonds is 7. The molecule has 2 aliphatic rings. The van der Waals surface area contributed by atoms with Crippen LogP contribution >= 0.6 is 34.8 Å². The fraction of sp³-hybridized carbons (Fsp3) is 0.350. The lowest BCUT2D eigenvalue weighted by molar-refractivity contribution is -0.145. The van der Waals surface area contributed by atoms with E-state index < -0.39 is 146 Å². The first-order chi connectivity index (χ1) is 31.4. The van der Waals surface area contributed by atoms with E-state index in [0.29, 0.717) is 24.3 Å². The summed E-state index contributed by atoms with van der Waals surface area (Å²) in [6.07, 6.45) is -11.9. The molecule has 69 heavy (non-hydrogen) atoms. The summed E-state index contributed by atoms with van der Waals surface area (Å²) in [7, 11) is -9.98. The van der Waals surface area contributed by atoms with Crippen molar-refractivity contribution in [1.82, 2.24) is 19.9 Å². The highest BCUT2D eigenvalue weighted by Gasteiger charge is 2.46. The van der Waals surface area contributed by atoms with Crippen molar-refractivity contribution in [1.29, 1.82) is 0 Å². The van der Waals surface area contributed by atoms with Crippen LogP contribution in [0.2, 0.25) is 10.0 Å². The van der Waals surface area contributed by atoms with Gasteiger partial charge in [-0.1, -0.05) is 44.0 Å². The number of fused-ring (bicyclic) bond motifs is 2. The van der Waals surface area contributed by atoms with Crippen LogP contribution in [-0.4, -0.2) is 79.0 Å². The summed E-state index contributed by atoms with van der Waals surface area (Å²) in [4.78, 5) is 35.9. The summed E-state index contributed by atoms with van der Waals surface area (Å²) in [5.41, 5.74) is -6.38. The molecule has 1 N–H and O–H groups in total. The molecule has 2 aromatic heterocycles. The van der Waals surface area contributed by atoms with Crippen molar-refractivity contribution in [2.45, 2.75) is 66.7 Å². The van der Waals surface area contributed by atoms with Gasteiger partial charge < -0.3 is 9.84 Å². The SMILES string of the molecule is CC(C)(C)C(=O)Cl.CC(C)(C)C(=O)OC1=C(c2cc(C(F)(F)F)ccc2Cl)S(=O)(=O)N(CC(F)F)c2nccnc21.O=S1(=O)C(c2cc(C(F)(F)F)ccc2Cl)=C(O)c2nccnc2N1CC(F)F. The predicted octanol–water partition coefficient (Wildman–Crippen LogP) is 10.7. The van der Waals surface area contributed by atoms with Crippen molar-refractivity contribution < 1.29 is 80.2 Å². The summed E-state index contributed by atoms with van der Waals surface area (Å²) in [6, 6.07) is 3.67. The Morgan fingerprint density at radius 3 is 1.38 bits per heavy atom. The lowest BCUT2D eigenvalue weighted by Crippen LogP contribution is -2.40. The molecule has 0 atom stereocenters. The first-order valence-electron chi connectivity index (χ1n) is 19.0. The van der Waals surface area contributed by atoms with Crippen LogP contribution in [-0.2, 0) is 46.7 Å². The number of hydrogen-bond acceptors (Lipinski definition) is 12. The van der Waals surface area contributed by atoms with Crippen molar-refractivity contribution in [3.05, 3.63) is 105 Å². The summed E-state index contributed by atoms with van der Waals surface area (Å²) >= 11 is 17.1. The third kappa shape index (κ3) is 12.7. The monoisotopic (exact) mass is 1090 g/mol. The topological polar surface area (TPSA) is 190 Å². The van der Waals surface area contributed by atoms with Gasteiger partial charge in [-0.15, -0.1) is 0 Å². The molecule has 376 valence electrons. The number of aliphatic hydroxyl groups is 1. The minimum absolute atomic E-state index is 0.172. The normalized spacial score (nSPS) is 15.7. The van der Waals surface area contributed by atoms with Gasteiger partial charge in [-0.05, 0) is 68.8 Å². The first kappa shape index (κ1) is 56.3. The number of sulfonamides is 2. The predicted molar refractivity (Wildman–Crippen MR) is 234 cm³/mol. The number of esters is 1. The van der Waals surface area contributed by atoms with Crippen LogP contribution < -0.4 is 8.61 Å². The number of halogens is 13. The van der Waals surface area contributed by atoms with Gasteiger partial charge >= 0.3 is 18.3 Å². The van der Waals surface area contributed by atoms with Crippen LogP contribution in [0.4, 0.5) is 55.5 Å². The maximum Gasteiger partial charge on any atom is 0.416 e. The minimum Gasteiger partial charge on any atom is -0.504 e. The van der Waals surface area contributed by atoms with Gasteiger partial charge in [0.1, 0.15) is 15.5 Å². The maximum atomic E-state index is 13.5. The van der Waals surface area contributed by atoms with Crippen molar-refractivity contribution in [3.8, 4) is 0 Å². The van der Waals surface area contributed by atoms with E-state index in [1.165, 1.54) is 20.8 Å². The fourth-order valence-corrected chi connectivity index (χ4v) is 9.42. The van der Waals surface area contributed by atoms with Crippen LogP contribution in [0.15, 0.2) is 61.2 Å². The zero-order chi connectivity index (χ0) is 52.6. The number of nitrogens with zero attached hydrogens (tertiary/aromatic N) is 6. The summed E-state index contributed by atoms with van der Waals surface area (Å²) in [5.74, 6) is -3.93. The highest BCUT2D eigenvalue weighted by molar-refractivity contribution is 8.02. The minimum atomic E-state index is -5.05. The lowest BCUT2D eigenvalue weighted by Gasteiger charge is -2.32. The van der Waals surface area contributed by atoms with Crippen molar-refractivity contribution in [2.24, 2.45) is 10.8 Å². The molecule has 4 aromatic rings. The second kappa shape index (κ2) is 20.6. The smallest absolute Gasteiger partial charge is 0.416 e. The van der Waals surface area contributed by atoms with E-state index in [2.05, 4.69) is 19.9 Å². The van der Waals surface area contributed by atoms with E-state index in [9.17, 15) is 75.4 Å². The quantitative estimate of drug-likeness (QED) is 0.105. The second-order valence-corrected chi connectivity index (χ2v) is 21.0. The highest BCUT2D eigenvalue weighted by atomic mass is 35.5. The van der Waals surface area contributed by atoms with Gasteiger partial charge in [-0.2, -0.15) is 26.3 Å². The van der Waals surface area contributed by atoms with Crippen molar-refractivity contribution in [2.75, 3.05) is 21.7 Å². The molecule has 0 saturated heterocycles. The van der Waals surface area contributed by atoms with Gasteiger partial charge in [0, 0.05) is 51.4 Å². The molecule has 0 radical (unpaired) electrons.